The number of aromatic nitrogens is 4. The summed E-state index contributed by atoms with van der Waals surface area (Å²) in [6.45, 7) is 1.79. The topological polar surface area (TPSA) is 118 Å². The number of azo groups is 1. The number of aromatic hydroxyl groups is 1. The van der Waals surface area contributed by atoms with Gasteiger partial charge in [-0.15, -0.1) is 5.11 Å². The maximum Gasteiger partial charge on any atom is 0.270 e. The standard InChI is InChI=1S/C19H14BrCl2F2N7O3/c20-10-5-9(14(32)13(21)15(10)34-17-12(24)8-25-18(22)29-17)6-27-30-19-26-7-11(23)16(28-19)31-1-3-33-4-2-31/h5,7-8,32H,1-4,6H2. The molecule has 0 aliphatic carbocycles. The van der Waals surface area contributed by atoms with Crippen molar-refractivity contribution in [2.45, 2.75) is 6.54 Å². The zero-order chi connectivity index (χ0) is 24.2. The predicted molar refractivity (Wildman–Crippen MR) is 121 cm³/mol. The average Bonchev–Trinajstić information content (AvgIpc) is 2.83. The quantitative estimate of drug-likeness (QED) is 0.313. The number of ether oxygens (including phenoxy) is 2. The molecule has 1 aromatic carbocycles. The number of anilines is 1. The van der Waals surface area contributed by atoms with Crippen molar-refractivity contribution >= 4 is 50.9 Å². The summed E-state index contributed by atoms with van der Waals surface area (Å²) in [6.07, 6.45) is 1.85. The maximum absolute atomic E-state index is 14.1. The molecule has 178 valence electrons. The van der Waals surface area contributed by atoms with Gasteiger partial charge in [0.2, 0.25) is 11.1 Å². The fourth-order valence-electron chi connectivity index (χ4n) is 2.92. The van der Waals surface area contributed by atoms with Crippen molar-refractivity contribution in [2.75, 3.05) is 31.2 Å². The van der Waals surface area contributed by atoms with Gasteiger partial charge >= 0.3 is 0 Å². The van der Waals surface area contributed by atoms with Gasteiger partial charge in [0.15, 0.2) is 17.4 Å². The van der Waals surface area contributed by atoms with Gasteiger partial charge in [0.25, 0.3) is 11.8 Å². The van der Waals surface area contributed by atoms with Crippen LogP contribution in [0, 0.1) is 11.6 Å². The minimum Gasteiger partial charge on any atom is -0.506 e. The van der Waals surface area contributed by atoms with Gasteiger partial charge in [-0.25, -0.2) is 14.4 Å². The molecule has 2 aromatic heterocycles. The molecular formula is C19H14BrCl2F2N7O3. The summed E-state index contributed by atoms with van der Waals surface area (Å²) in [5.41, 5.74) is 0.268. The van der Waals surface area contributed by atoms with E-state index >= 15 is 0 Å². The van der Waals surface area contributed by atoms with Crippen molar-refractivity contribution < 1.29 is 23.4 Å². The van der Waals surface area contributed by atoms with Crippen LogP contribution in [0.3, 0.4) is 0 Å². The molecule has 1 N–H and O–H groups in total. The van der Waals surface area contributed by atoms with Gasteiger partial charge in [-0.05, 0) is 33.6 Å². The summed E-state index contributed by atoms with van der Waals surface area (Å²) in [4.78, 5) is 16.8. The Morgan fingerprint density at radius 1 is 1.15 bits per heavy atom. The number of hydrogen-bond donors (Lipinski definition) is 1. The van der Waals surface area contributed by atoms with Crippen LogP contribution < -0.4 is 9.64 Å². The zero-order valence-electron chi connectivity index (χ0n) is 17.1. The molecule has 1 saturated heterocycles. The third-order valence-electron chi connectivity index (χ3n) is 4.54. The zero-order valence-corrected chi connectivity index (χ0v) is 20.1. The molecule has 0 atom stereocenters. The smallest absolute Gasteiger partial charge is 0.270 e. The van der Waals surface area contributed by atoms with Crippen LogP contribution in [0.15, 0.2) is 33.2 Å². The van der Waals surface area contributed by atoms with Crippen LogP contribution in [0.5, 0.6) is 17.4 Å². The number of morpholine rings is 1. The van der Waals surface area contributed by atoms with E-state index in [2.05, 4.69) is 46.1 Å². The fraction of sp³-hybridized carbons (Fsp3) is 0.263. The molecule has 3 aromatic rings. The Labute approximate surface area is 209 Å². The number of benzene rings is 1. The van der Waals surface area contributed by atoms with Crippen molar-refractivity contribution in [1.82, 2.24) is 19.9 Å². The van der Waals surface area contributed by atoms with E-state index in [4.69, 9.17) is 32.7 Å². The van der Waals surface area contributed by atoms with E-state index < -0.39 is 17.5 Å². The summed E-state index contributed by atoms with van der Waals surface area (Å²) in [7, 11) is 0. The number of rotatable bonds is 6. The van der Waals surface area contributed by atoms with Crippen LogP contribution in [0.25, 0.3) is 0 Å². The largest absolute Gasteiger partial charge is 0.506 e. The fourth-order valence-corrected chi connectivity index (χ4v) is 3.98. The summed E-state index contributed by atoms with van der Waals surface area (Å²) in [6, 6.07) is 1.46. The molecular weight excluding hydrogens is 563 g/mol. The highest BCUT2D eigenvalue weighted by molar-refractivity contribution is 9.10. The van der Waals surface area contributed by atoms with E-state index in [0.29, 0.717) is 26.3 Å². The molecule has 1 aliphatic rings. The second-order valence-corrected chi connectivity index (χ2v) is 8.31. The Balaban J connectivity index is 1.52. The van der Waals surface area contributed by atoms with Gasteiger partial charge in [-0.3, -0.25) is 0 Å². The molecule has 10 nitrogen and oxygen atoms in total. The first-order valence-electron chi connectivity index (χ1n) is 9.62. The van der Waals surface area contributed by atoms with E-state index in [0.717, 1.165) is 12.4 Å². The summed E-state index contributed by atoms with van der Waals surface area (Å²) in [5, 5.41) is 17.9. The van der Waals surface area contributed by atoms with E-state index in [1.54, 1.807) is 4.90 Å². The summed E-state index contributed by atoms with van der Waals surface area (Å²) >= 11 is 15.1. The van der Waals surface area contributed by atoms with Crippen LogP contribution in [0.2, 0.25) is 10.3 Å². The Kier molecular flexibility index (Phi) is 7.66. The summed E-state index contributed by atoms with van der Waals surface area (Å²) < 4.78 is 38.9. The monoisotopic (exact) mass is 575 g/mol. The maximum atomic E-state index is 14.1. The van der Waals surface area contributed by atoms with Gasteiger partial charge < -0.3 is 19.5 Å². The van der Waals surface area contributed by atoms with Crippen LogP contribution in [-0.2, 0) is 11.3 Å². The van der Waals surface area contributed by atoms with Gasteiger partial charge in [0, 0.05) is 18.7 Å². The lowest BCUT2D eigenvalue weighted by atomic mass is 10.2. The first-order chi connectivity index (χ1) is 16.3. The molecule has 0 saturated carbocycles. The Morgan fingerprint density at radius 3 is 2.65 bits per heavy atom. The molecule has 0 unspecified atom stereocenters. The number of nitrogens with zero attached hydrogens (tertiary/aromatic N) is 7. The van der Waals surface area contributed by atoms with E-state index in [-0.39, 0.29) is 50.2 Å². The molecule has 0 bridgehead atoms. The minimum atomic E-state index is -0.875. The molecule has 4 rings (SSSR count). The van der Waals surface area contributed by atoms with Gasteiger partial charge in [0.1, 0.15) is 10.8 Å². The Hall–Kier alpha value is -2.74. The van der Waals surface area contributed by atoms with Crippen molar-refractivity contribution in [2.24, 2.45) is 10.2 Å². The van der Waals surface area contributed by atoms with Gasteiger partial charge in [-0.2, -0.15) is 19.5 Å². The highest BCUT2D eigenvalue weighted by atomic mass is 79.9. The molecule has 0 radical (unpaired) electrons. The molecule has 0 amide bonds. The van der Waals surface area contributed by atoms with Crippen LogP contribution in [0.4, 0.5) is 20.5 Å². The SMILES string of the molecule is Oc1c(CN=Nc2ncc(F)c(N3CCOCC3)n2)cc(Br)c(Oc2nc(Cl)ncc2F)c1Cl. The highest BCUT2D eigenvalue weighted by Crippen LogP contribution is 2.44. The first kappa shape index (κ1) is 24.4. The van der Waals surface area contributed by atoms with E-state index in [1.807, 2.05) is 0 Å². The number of halogens is 5. The lowest BCUT2D eigenvalue weighted by molar-refractivity contribution is 0.122. The van der Waals surface area contributed by atoms with Crippen molar-refractivity contribution in [3.05, 3.63) is 50.4 Å². The van der Waals surface area contributed by atoms with Crippen molar-refractivity contribution in [1.29, 1.82) is 0 Å². The Bertz CT molecular complexity index is 1250. The predicted octanol–water partition coefficient (Wildman–Crippen LogP) is 5.23. The highest BCUT2D eigenvalue weighted by Gasteiger charge is 2.20. The lowest BCUT2D eigenvalue weighted by Crippen LogP contribution is -2.37. The Morgan fingerprint density at radius 2 is 1.88 bits per heavy atom. The van der Waals surface area contributed by atoms with Crippen molar-refractivity contribution in [3.63, 3.8) is 0 Å². The normalized spacial score (nSPS) is 14.1. The molecule has 34 heavy (non-hydrogen) atoms. The van der Waals surface area contributed by atoms with Gasteiger partial charge in [-0.1, -0.05) is 11.6 Å². The second-order valence-electron chi connectivity index (χ2n) is 6.74. The third kappa shape index (κ3) is 5.49. The van der Waals surface area contributed by atoms with Crippen LogP contribution in [-0.4, -0.2) is 51.3 Å². The first-order valence-corrected chi connectivity index (χ1v) is 11.2. The second kappa shape index (κ2) is 10.7. The number of hydrogen-bond acceptors (Lipinski definition) is 10. The lowest BCUT2D eigenvalue weighted by Gasteiger charge is -2.27. The molecule has 3 heterocycles. The van der Waals surface area contributed by atoms with E-state index in [9.17, 15) is 13.9 Å². The van der Waals surface area contributed by atoms with Crippen molar-refractivity contribution in [3.8, 4) is 17.4 Å². The summed E-state index contributed by atoms with van der Waals surface area (Å²) in [5.74, 6) is -2.33. The molecule has 1 aliphatic heterocycles. The minimum absolute atomic E-state index is 0.0522. The molecule has 0 spiro atoms. The number of phenolic OH excluding ortho intramolecular Hbond substituents is 1. The van der Waals surface area contributed by atoms with E-state index in [1.165, 1.54) is 6.07 Å². The van der Waals surface area contributed by atoms with Crippen LogP contribution >= 0.6 is 39.1 Å². The number of phenols is 1. The average molecular weight is 577 g/mol. The molecule has 15 heteroatoms. The van der Waals surface area contributed by atoms with Crippen LogP contribution in [0.1, 0.15) is 5.56 Å². The van der Waals surface area contributed by atoms with Gasteiger partial charge in [0.05, 0.1) is 36.6 Å². The third-order valence-corrected chi connectivity index (χ3v) is 5.66. The molecule has 1 fully saturated rings.